The molecule has 0 saturated carbocycles. The Morgan fingerprint density at radius 1 is 1.03 bits per heavy atom. The van der Waals surface area contributed by atoms with Crippen LogP contribution in [0.5, 0.6) is 17.2 Å². The van der Waals surface area contributed by atoms with Crippen LogP contribution in [0.1, 0.15) is 18.4 Å². The van der Waals surface area contributed by atoms with Gasteiger partial charge < -0.3 is 24.8 Å². The number of carbonyl (C=O) groups excluding carboxylic acids is 3. The lowest BCUT2D eigenvalue weighted by Crippen LogP contribution is -2.31. The van der Waals surface area contributed by atoms with E-state index in [1.165, 1.54) is 21.3 Å². The zero-order valence-electron chi connectivity index (χ0n) is 17.6. The molecule has 0 aliphatic carbocycles. The van der Waals surface area contributed by atoms with E-state index >= 15 is 0 Å². The zero-order chi connectivity index (χ0) is 22.4. The summed E-state index contributed by atoms with van der Waals surface area (Å²) in [6.07, 6.45) is 0.235. The van der Waals surface area contributed by atoms with Crippen molar-refractivity contribution in [1.29, 1.82) is 0 Å². The molecule has 2 aromatic carbocycles. The van der Waals surface area contributed by atoms with Crippen LogP contribution >= 0.6 is 0 Å². The average Bonchev–Trinajstić information content (AvgIpc) is 3.05. The minimum Gasteiger partial charge on any atom is -0.493 e. The molecule has 2 N–H and O–H groups in total. The van der Waals surface area contributed by atoms with Crippen molar-refractivity contribution in [2.75, 3.05) is 26.6 Å². The number of anilines is 1. The maximum absolute atomic E-state index is 12.6. The Labute approximate surface area is 180 Å². The Bertz CT molecular complexity index is 938. The predicted octanol–water partition coefficient (Wildman–Crippen LogP) is 2.55. The van der Waals surface area contributed by atoms with Crippen molar-refractivity contribution in [1.82, 2.24) is 10.2 Å². The van der Waals surface area contributed by atoms with Crippen LogP contribution in [0.4, 0.5) is 10.5 Å². The van der Waals surface area contributed by atoms with E-state index in [4.69, 9.17) is 14.2 Å². The lowest BCUT2D eigenvalue weighted by molar-refractivity contribution is -0.128. The van der Waals surface area contributed by atoms with Gasteiger partial charge in [0.05, 0.1) is 27.9 Å². The molecule has 1 saturated heterocycles. The van der Waals surface area contributed by atoms with Crippen molar-refractivity contribution < 1.29 is 28.6 Å². The maximum atomic E-state index is 12.6. The average molecular weight is 427 g/mol. The Kier molecular flexibility index (Phi) is 6.96. The van der Waals surface area contributed by atoms with E-state index in [1.807, 2.05) is 30.3 Å². The summed E-state index contributed by atoms with van der Waals surface area (Å²) < 4.78 is 15.8. The first-order valence-corrected chi connectivity index (χ1v) is 9.72. The molecule has 1 aliphatic heterocycles. The highest BCUT2D eigenvalue weighted by atomic mass is 16.5. The van der Waals surface area contributed by atoms with Gasteiger partial charge >= 0.3 is 6.03 Å². The van der Waals surface area contributed by atoms with Crippen LogP contribution in [0.15, 0.2) is 42.5 Å². The summed E-state index contributed by atoms with van der Waals surface area (Å²) in [4.78, 5) is 38.4. The standard InChI is InChI=1S/C22H25N3O6/c1-29-17-11-15(12-18(30-2)20(17)31-3)23-19(26)10-9-16-21(27)25(22(28)24-16)13-14-7-5-4-6-8-14/h4-8,11-12,16H,9-10,13H2,1-3H3,(H,23,26)(H,24,28)/t16-/m0/s1. The summed E-state index contributed by atoms with van der Waals surface area (Å²) in [5.41, 5.74) is 1.32. The van der Waals surface area contributed by atoms with Crippen molar-refractivity contribution in [2.24, 2.45) is 0 Å². The van der Waals surface area contributed by atoms with Crippen LogP contribution in [-0.4, -0.2) is 50.1 Å². The van der Waals surface area contributed by atoms with Gasteiger partial charge in [-0.15, -0.1) is 0 Å². The molecule has 0 aromatic heterocycles. The van der Waals surface area contributed by atoms with E-state index in [1.54, 1.807) is 12.1 Å². The number of hydrogen-bond acceptors (Lipinski definition) is 6. The van der Waals surface area contributed by atoms with Gasteiger partial charge in [0.2, 0.25) is 11.7 Å². The van der Waals surface area contributed by atoms with Crippen LogP contribution in [0.2, 0.25) is 0 Å². The molecule has 4 amide bonds. The first kappa shape index (κ1) is 21.9. The monoisotopic (exact) mass is 427 g/mol. The molecule has 0 unspecified atom stereocenters. The van der Waals surface area contributed by atoms with E-state index in [9.17, 15) is 14.4 Å². The second-order valence-electron chi connectivity index (χ2n) is 6.91. The summed E-state index contributed by atoms with van der Waals surface area (Å²) in [6, 6.07) is 11.3. The SMILES string of the molecule is COc1cc(NC(=O)CC[C@@H]2NC(=O)N(Cc3ccccc3)C2=O)cc(OC)c1OC. The molecule has 1 fully saturated rings. The number of benzene rings is 2. The first-order valence-electron chi connectivity index (χ1n) is 9.72. The number of ether oxygens (including phenoxy) is 3. The van der Waals surface area contributed by atoms with Crippen LogP contribution < -0.4 is 24.8 Å². The molecule has 3 rings (SSSR count). The lowest BCUT2D eigenvalue weighted by Gasteiger charge is -2.15. The molecule has 0 bridgehead atoms. The number of rotatable bonds is 9. The minimum absolute atomic E-state index is 0.0481. The van der Waals surface area contributed by atoms with Crippen LogP contribution in [0, 0.1) is 0 Å². The molecule has 0 spiro atoms. The van der Waals surface area contributed by atoms with Gasteiger partial charge in [0.15, 0.2) is 11.5 Å². The largest absolute Gasteiger partial charge is 0.493 e. The third-order valence-electron chi connectivity index (χ3n) is 4.90. The van der Waals surface area contributed by atoms with Crippen molar-refractivity contribution in [2.45, 2.75) is 25.4 Å². The number of amides is 4. The lowest BCUT2D eigenvalue weighted by atomic mass is 10.1. The van der Waals surface area contributed by atoms with Crippen molar-refractivity contribution in [3.63, 3.8) is 0 Å². The zero-order valence-corrected chi connectivity index (χ0v) is 17.6. The van der Waals surface area contributed by atoms with E-state index in [-0.39, 0.29) is 31.2 Å². The summed E-state index contributed by atoms with van der Waals surface area (Å²) in [7, 11) is 4.46. The van der Waals surface area contributed by atoms with Crippen molar-refractivity contribution in [3.05, 3.63) is 48.0 Å². The van der Waals surface area contributed by atoms with E-state index < -0.39 is 12.1 Å². The summed E-state index contributed by atoms with van der Waals surface area (Å²) in [5.74, 6) is 0.590. The molecule has 9 heteroatoms. The van der Waals surface area contributed by atoms with E-state index in [0.29, 0.717) is 22.9 Å². The first-order chi connectivity index (χ1) is 15.0. The Hall–Kier alpha value is -3.75. The number of carbonyl (C=O) groups is 3. The molecular formula is C22H25N3O6. The Morgan fingerprint density at radius 3 is 2.26 bits per heavy atom. The molecule has 0 radical (unpaired) electrons. The smallest absolute Gasteiger partial charge is 0.325 e. The molecule has 2 aromatic rings. The quantitative estimate of drug-likeness (QED) is 0.596. The molecule has 1 aliphatic rings. The molecule has 1 heterocycles. The topological polar surface area (TPSA) is 106 Å². The van der Waals surface area contributed by atoms with Gasteiger partial charge in [0, 0.05) is 24.2 Å². The van der Waals surface area contributed by atoms with Gasteiger partial charge in [-0.1, -0.05) is 30.3 Å². The summed E-state index contributed by atoms with van der Waals surface area (Å²) in [5, 5.41) is 5.40. The number of hydrogen-bond donors (Lipinski definition) is 2. The number of urea groups is 1. The van der Waals surface area contributed by atoms with Gasteiger partial charge in [-0.05, 0) is 12.0 Å². The highest BCUT2D eigenvalue weighted by Crippen LogP contribution is 2.39. The Balaban J connectivity index is 1.58. The normalized spacial score (nSPS) is 15.5. The predicted molar refractivity (Wildman–Crippen MR) is 113 cm³/mol. The van der Waals surface area contributed by atoms with Crippen molar-refractivity contribution >= 4 is 23.5 Å². The fourth-order valence-electron chi connectivity index (χ4n) is 3.34. The van der Waals surface area contributed by atoms with E-state index in [0.717, 1.165) is 10.5 Å². The second kappa shape index (κ2) is 9.84. The molecule has 1 atom stereocenters. The minimum atomic E-state index is -0.734. The molecule has 31 heavy (non-hydrogen) atoms. The van der Waals surface area contributed by atoms with Crippen LogP contribution in [-0.2, 0) is 16.1 Å². The van der Waals surface area contributed by atoms with Gasteiger partial charge in [0.25, 0.3) is 5.91 Å². The van der Waals surface area contributed by atoms with E-state index in [2.05, 4.69) is 10.6 Å². The summed E-state index contributed by atoms with van der Waals surface area (Å²) in [6.45, 7) is 0.194. The summed E-state index contributed by atoms with van der Waals surface area (Å²) >= 11 is 0. The maximum Gasteiger partial charge on any atom is 0.325 e. The fourth-order valence-corrected chi connectivity index (χ4v) is 3.34. The number of methoxy groups -OCH3 is 3. The molecular weight excluding hydrogens is 402 g/mol. The Morgan fingerprint density at radius 2 is 1.68 bits per heavy atom. The fraction of sp³-hybridized carbons (Fsp3) is 0.318. The highest BCUT2D eigenvalue weighted by Gasteiger charge is 2.37. The van der Waals surface area contributed by atoms with Gasteiger partial charge in [0.1, 0.15) is 6.04 Å². The van der Waals surface area contributed by atoms with Gasteiger partial charge in [-0.25, -0.2) is 4.79 Å². The molecule has 9 nitrogen and oxygen atoms in total. The highest BCUT2D eigenvalue weighted by molar-refractivity contribution is 6.04. The van der Waals surface area contributed by atoms with Gasteiger partial charge in [-0.2, -0.15) is 0 Å². The molecule has 164 valence electrons. The number of nitrogens with one attached hydrogen (secondary N) is 2. The second-order valence-corrected chi connectivity index (χ2v) is 6.91. The van der Waals surface area contributed by atoms with Crippen LogP contribution in [0.25, 0.3) is 0 Å². The van der Waals surface area contributed by atoms with Crippen LogP contribution in [0.3, 0.4) is 0 Å². The third-order valence-corrected chi connectivity index (χ3v) is 4.90. The third kappa shape index (κ3) is 5.06. The number of nitrogens with zero attached hydrogens (tertiary/aromatic N) is 1. The van der Waals surface area contributed by atoms with Gasteiger partial charge in [-0.3, -0.25) is 14.5 Å². The number of imide groups is 1. The van der Waals surface area contributed by atoms with Crippen molar-refractivity contribution in [3.8, 4) is 17.2 Å².